The van der Waals surface area contributed by atoms with Gasteiger partial charge < -0.3 is 4.90 Å². The second kappa shape index (κ2) is 6.60. The molecule has 0 radical (unpaired) electrons. The molecule has 18 heavy (non-hydrogen) atoms. The first-order valence-electron chi connectivity index (χ1n) is 6.40. The van der Waals surface area contributed by atoms with Gasteiger partial charge in [0.25, 0.3) is 0 Å². The maximum atomic E-state index is 12.0. The van der Waals surface area contributed by atoms with Crippen molar-refractivity contribution in [2.24, 2.45) is 0 Å². The molecular formula is C15H18ClNO. The molecule has 0 saturated carbocycles. The van der Waals surface area contributed by atoms with Gasteiger partial charge in [-0.05, 0) is 31.2 Å². The Morgan fingerprint density at radius 2 is 2.00 bits per heavy atom. The van der Waals surface area contributed by atoms with Crippen LogP contribution >= 0.6 is 11.6 Å². The molecule has 2 nitrogen and oxygen atoms in total. The SMILES string of the molecule is O=C(CCl)N(Cc1ccccc1)C1=CCCCC1. The van der Waals surface area contributed by atoms with Crippen molar-refractivity contribution in [1.29, 1.82) is 0 Å². The smallest absolute Gasteiger partial charge is 0.241 e. The zero-order valence-corrected chi connectivity index (χ0v) is 11.2. The predicted octanol–water partition coefficient (Wildman–Crippen LogP) is 3.71. The zero-order chi connectivity index (χ0) is 12.8. The van der Waals surface area contributed by atoms with Crippen molar-refractivity contribution in [2.75, 3.05) is 5.88 Å². The quantitative estimate of drug-likeness (QED) is 0.759. The average Bonchev–Trinajstić information content (AvgIpc) is 2.46. The van der Waals surface area contributed by atoms with Crippen LogP contribution in [0.5, 0.6) is 0 Å². The Labute approximate surface area is 113 Å². The second-order valence-corrected chi connectivity index (χ2v) is 4.81. The van der Waals surface area contributed by atoms with Crippen LogP contribution in [0.15, 0.2) is 42.1 Å². The number of carbonyl (C=O) groups is 1. The third-order valence-corrected chi connectivity index (χ3v) is 3.44. The lowest BCUT2D eigenvalue weighted by Gasteiger charge is -2.27. The summed E-state index contributed by atoms with van der Waals surface area (Å²) in [4.78, 5) is 13.8. The highest BCUT2D eigenvalue weighted by molar-refractivity contribution is 6.27. The number of nitrogens with zero attached hydrogens (tertiary/aromatic N) is 1. The lowest BCUT2D eigenvalue weighted by Crippen LogP contribution is -2.31. The monoisotopic (exact) mass is 263 g/mol. The van der Waals surface area contributed by atoms with E-state index in [1.165, 1.54) is 6.42 Å². The molecule has 1 amide bonds. The molecule has 0 saturated heterocycles. The Hall–Kier alpha value is -1.28. The summed E-state index contributed by atoms with van der Waals surface area (Å²) in [6, 6.07) is 10.1. The molecule has 0 aliphatic heterocycles. The van der Waals surface area contributed by atoms with Crippen LogP contribution in [0.4, 0.5) is 0 Å². The number of halogens is 1. The first-order chi connectivity index (χ1) is 8.81. The molecule has 0 spiro atoms. The highest BCUT2D eigenvalue weighted by atomic mass is 35.5. The van der Waals surface area contributed by atoms with Gasteiger partial charge in [0.15, 0.2) is 0 Å². The van der Waals surface area contributed by atoms with E-state index in [9.17, 15) is 4.79 Å². The normalized spacial score (nSPS) is 15.1. The van der Waals surface area contributed by atoms with Crippen molar-refractivity contribution in [3.05, 3.63) is 47.7 Å². The molecule has 0 N–H and O–H groups in total. The molecule has 1 aliphatic rings. The Morgan fingerprint density at radius 3 is 2.61 bits per heavy atom. The molecule has 1 aromatic rings. The van der Waals surface area contributed by atoms with E-state index in [1.807, 2.05) is 35.2 Å². The van der Waals surface area contributed by atoms with E-state index >= 15 is 0 Å². The fourth-order valence-corrected chi connectivity index (χ4v) is 2.40. The lowest BCUT2D eigenvalue weighted by molar-refractivity contribution is -0.127. The molecule has 0 aromatic heterocycles. The largest absolute Gasteiger partial charge is 0.311 e. The third-order valence-electron chi connectivity index (χ3n) is 3.21. The van der Waals surface area contributed by atoms with Crippen LogP contribution in [0.2, 0.25) is 0 Å². The zero-order valence-electron chi connectivity index (χ0n) is 10.4. The summed E-state index contributed by atoms with van der Waals surface area (Å²) in [6.45, 7) is 0.623. The number of carbonyl (C=O) groups excluding carboxylic acids is 1. The fourth-order valence-electron chi connectivity index (χ4n) is 2.25. The van der Waals surface area contributed by atoms with E-state index in [4.69, 9.17) is 11.6 Å². The topological polar surface area (TPSA) is 20.3 Å². The Kier molecular flexibility index (Phi) is 4.82. The summed E-state index contributed by atoms with van der Waals surface area (Å²) in [7, 11) is 0. The molecular weight excluding hydrogens is 246 g/mol. The molecule has 0 heterocycles. The minimum Gasteiger partial charge on any atom is -0.311 e. The standard InChI is InChI=1S/C15H18ClNO/c16-11-15(18)17(14-9-5-2-6-10-14)12-13-7-3-1-4-8-13/h1,3-4,7-9H,2,5-6,10-12H2. The summed E-state index contributed by atoms with van der Waals surface area (Å²) >= 11 is 5.71. The van der Waals surface area contributed by atoms with E-state index in [2.05, 4.69) is 6.08 Å². The van der Waals surface area contributed by atoms with Crippen LogP contribution in [0.25, 0.3) is 0 Å². The van der Waals surface area contributed by atoms with Gasteiger partial charge in [-0.15, -0.1) is 11.6 Å². The number of benzene rings is 1. The molecule has 0 unspecified atom stereocenters. The van der Waals surface area contributed by atoms with E-state index < -0.39 is 0 Å². The van der Waals surface area contributed by atoms with Crippen molar-refractivity contribution in [1.82, 2.24) is 4.90 Å². The third kappa shape index (κ3) is 3.36. The summed E-state index contributed by atoms with van der Waals surface area (Å²) in [5.41, 5.74) is 2.28. The number of rotatable bonds is 4. The van der Waals surface area contributed by atoms with Crippen LogP contribution in [-0.4, -0.2) is 16.7 Å². The molecule has 96 valence electrons. The minimum atomic E-state index is -0.00586. The minimum absolute atomic E-state index is 0.00586. The van der Waals surface area contributed by atoms with Crippen LogP contribution in [0, 0.1) is 0 Å². The van der Waals surface area contributed by atoms with Crippen LogP contribution < -0.4 is 0 Å². The average molecular weight is 264 g/mol. The molecule has 2 rings (SSSR count). The number of hydrogen-bond acceptors (Lipinski definition) is 1. The Morgan fingerprint density at radius 1 is 1.22 bits per heavy atom. The molecule has 3 heteroatoms. The van der Waals surface area contributed by atoms with Gasteiger partial charge in [-0.25, -0.2) is 0 Å². The maximum absolute atomic E-state index is 12.0. The van der Waals surface area contributed by atoms with Gasteiger partial charge >= 0.3 is 0 Å². The van der Waals surface area contributed by atoms with Gasteiger partial charge in [-0.2, -0.15) is 0 Å². The van der Waals surface area contributed by atoms with Gasteiger partial charge in [-0.1, -0.05) is 36.4 Å². The van der Waals surface area contributed by atoms with Crippen molar-refractivity contribution < 1.29 is 4.79 Å². The van der Waals surface area contributed by atoms with Crippen LogP contribution in [0.1, 0.15) is 31.2 Å². The number of alkyl halides is 1. The van der Waals surface area contributed by atoms with Gasteiger partial charge in [-0.3, -0.25) is 4.79 Å². The van der Waals surface area contributed by atoms with E-state index in [1.54, 1.807) is 0 Å². The molecule has 1 aliphatic carbocycles. The summed E-state index contributed by atoms with van der Waals surface area (Å²) in [5.74, 6) is 0.0399. The van der Waals surface area contributed by atoms with Crippen molar-refractivity contribution in [2.45, 2.75) is 32.2 Å². The van der Waals surface area contributed by atoms with Gasteiger partial charge in [0, 0.05) is 5.70 Å². The number of hydrogen-bond donors (Lipinski definition) is 0. The van der Waals surface area contributed by atoms with Crippen molar-refractivity contribution in [3.8, 4) is 0 Å². The molecule has 0 atom stereocenters. The van der Waals surface area contributed by atoms with Crippen LogP contribution in [0.3, 0.4) is 0 Å². The predicted molar refractivity (Wildman–Crippen MR) is 74.3 cm³/mol. The molecule has 0 fully saturated rings. The van der Waals surface area contributed by atoms with E-state index in [0.717, 1.165) is 30.5 Å². The lowest BCUT2D eigenvalue weighted by atomic mass is 10.0. The Balaban J connectivity index is 2.15. The van der Waals surface area contributed by atoms with Crippen LogP contribution in [-0.2, 0) is 11.3 Å². The summed E-state index contributed by atoms with van der Waals surface area (Å²) in [5, 5.41) is 0. The van der Waals surface area contributed by atoms with Gasteiger partial charge in [0.1, 0.15) is 5.88 Å². The summed E-state index contributed by atoms with van der Waals surface area (Å²) in [6.07, 6.45) is 6.60. The second-order valence-electron chi connectivity index (χ2n) is 4.54. The highest BCUT2D eigenvalue weighted by Gasteiger charge is 2.18. The maximum Gasteiger partial charge on any atom is 0.241 e. The number of allylic oxidation sites excluding steroid dienone is 2. The van der Waals surface area contributed by atoms with E-state index in [-0.39, 0.29) is 11.8 Å². The first-order valence-corrected chi connectivity index (χ1v) is 6.94. The highest BCUT2D eigenvalue weighted by Crippen LogP contribution is 2.23. The number of amides is 1. The van der Waals surface area contributed by atoms with Crippen molar-refractivity contribution >= 4 is 17.5 Å². The fraction of sp³-hybridized carbons (Fsp3) is 0.400. The van der Waals surface area contributed by atoms with E-state index in [0.29, 0.717) is 6.54 Å². The molecule has 0 bridgehead atoms. The van der Waals surface area contributed by atoms with Gasteiger partial charge in [0.05, 0.1) is 6.54 Å². The summed E-state index contributed by atoms with van der Waals surface area (Å²) < 4.78 is 0. The van der Waals surface area contributed by atoms with Gasteiger partial charge in [0.2, 0.25) is 5.91 Å². The first kappa shape index (κ1) is 13.2. The van der Waals surface area contributed by atoms with Crippen molar-refractivity contribution in [3.63, 3.8) is 0 Å². The molecule has 1 aromatic carbocycles. The Bertz CT molecular complexity index is 427.